The lowest BCUT2D eigenvalue weighted by Gasteiger charge is -2.23. The van der Waals surface area contributed by atoms with Crippen molar-refractivity contribution in [1.29, 1.82) is 0 Å². The zero-order chi connectivity index (χ0) is 7.14. The Labute approximate surface area is 62.4 Å². The van der Waals surface area contributed by atoms with Crippen molar-refractivity contribution in [3.05, 3.63) is 0 Å². The van der Waals surface area contributed by atoms with E-state index in [9.17, 15) is 5.11 Å². The van der Waals surface area contributed by atoms with Crippen LogP contribution < -0.4 is 0 Å². The van der Waals surface area contributed by atoms with E-state index in [2.05, 4.69) is 6.92 Å². The van der Waals surface area contributed by atoms with Crippen molar-refractivity contribution in [2.45, 2.75) is 38.7 Å². The molecule has 2 aliphatic rings. The minimum atomic E-state index is 0.0628. The molecule has 58 valence electrons. The van der Waals surface area contributed by atoms with Crippen LogP contribution in [-0.4, -0.2) is 11.2 Å². The SMILES string of the molecule is CCC1CC2CC1CC2O. The number of hydrogen-bond donors (Lipinski definition) is 1. The molecule has 4 atom stereocenters. The van der Waals surface area contributed by atoms with Gasteiger partial charge in [-0.3, -0.25) is 0 Å². The van der Waals surface area contributed by atoms with E-state index < -0.39 is 0 Å². The second-order valence-electron chi connectivity index (χ2n) is 3.96. The molecule has 2 bridgehead atoms. The largest absolute Gasteiger partial charge is 0.393 e. The number of aliphatic hydroxyl groups is 1. The highest BCUT2D eigenvalue weighted by atomic mass is 16.3. The van der Waals surface area contributed by atoms with Gasteiger partial charge in [0, 0.05) is 0 Å². The molecule has 0 aromatic rings. The Balaban J connectivity index is 2.02. The van der Waals surface area contributed by atoms with Gasteiger partial charge in [0.1, 0.15) is 0 Å². The maximum absolute atomic E-state index is 9.43. The van der Waals surface area contributed by atoms with Crippen molar-refractivity contribution in [1.82, 2.24) is 0 Å². The van der Waals surface area contributed by atoms with Crippen molar-refractivity contribution in [3.8, 4) is 0 Å². The maximum Gasteiger partial charge on any atom is 0.0571 e. The summed E-state index contributed by atoms with van der Waals surface area (Å²) in [5, 5.41) is 9.43. The third kappa shape index (κ3) is 0.800. The van der Waals surface area contributed by atoms with Crippen LogP contribution in [0.1, 0.15) is 32.6 Å². The fourth-order valence-electron chi connectivity index (χ4n) is 2.86. The summed E-state index contributed by atoms with van der Waals surface area (Å²) in [6, 6.07) is 0. The van der Waals surface area contributed by atoms with E-state index in [-0.39, 0.29) is 6.10 Å². The summed E-state index contributed by atoms with van der Waals surface area (Å²) in [4.78, 5) is 0. The van der Waals surface area contributed by atoms with Gasteiger partial charge in [0.25, 0.3) is 0 Å². The lowest BCUT2D eigenvalue weighted by Crippen LogP contribution is -2.20. The van der Waals surface area contributed by atoms with Crippen LogP contribution in [0.2, 0.25) is 0 Å². The lowest BCUT2D eigenvalue weighted by molar-refractivity contribution is 0.0943. The van der Waals surface area contributed by atoms with Crippen molar-refractivity contribution >= 4 is 0 Å². The quantitative estimate of drug-likeness (QED) is 0.589. The fraction of sp³-hybridized carbons (Fsp3) is 1.00. The summed E-state index contributed by atoms with van der Waals surface area (Å²) >= 11 is 0. The predicted molar refractivity (Wildman–Crippen MR) is 40.6 cm³/mol. The average Bonchev–Trinajstić information content (AvgIpc) is 2.44. The van der Waals surface area contributed by atoms with E-state index in [1.165, 1.54) is 19.3 Å². The molecule has 0 aromatic carbocycles. The normalized spacial score (nSPS) is 52.2. The topological polar surface area (TPSA) is 20.2 Å². The first kappa shape index (κ1) is 6.66. The second kappa shape index (κ2) is 2.23. The molecule has 1 heteroatoms. The first-order chi connectivity index (χ1) is 4.81. The van der Waals surface area contributed by atoms with Gasteiger partial charge in [0.15, 0.2) is 0 Å². The van der Waals surface area contributed by atoms with E-state index in [4.69, 9.17) is 0 Å². The van der Waals surface area contributed by atoms with Crippen molar-refractivity contribution in [3.63, 3.8) is 0 Å². The number of fused-ring (bicyclic) bond motifs is 2. The maximum atomic E-state index is 9.43. The third-order valence-corrected chi connectivity index (χ3v) is 3.49. The molecule has 1 nitrogen and oxygen atoms in total. The first-order valence-electron chi connectivity index (χ1n) is 4.49. The second-order valence-corrected chi connectivity index (χ2v) is 3.96. The van der Waals surface area contributed by atoms with Gasteiger partial charge in [0.2, 0.25) is 0 Å². The van der Waals surface area contributed by atoms with Crippen LogP contribution in [0.5, 0.6) is 0 Å². The minimum Gasteiger partial charge on any atom is -0.393 e. The lowest BCUT2D eigenvalue weighted by atomic mass is 9.86. The molecule has 2 rings (SSSR count). The Morgan fingerprint density at radius 1 is 1.20 bits per heavy atom. The molecule has 0 aliphatic heterocycles. The molecule has 2 aliphatic carbocycles. The van der Waals surface area contributed by atoms with Crippen LogP contribution in [0.15, 0.2) is 0 Å². The predicted octanol–water partition coefficient (Wildman–Crippen LogP) is 1.80. The summed E-state index contributed by atoms with van der Waals surface area (Å²) in [7, 11) is 0. The molecular formula is C9H16O. The Morgan fingerprint density at radius 3 is 2.40 bits per heavy atom. The molecule has 0 spiro atoms. The van der Waals surface area contributed by atoms with Crippen LogP contribution in [0, 0.1) is 17.8 Å². The summed E-state index contributed by atoms with van der Waals surface area (Å²) in [6.07, 6.45) is 5.12. The van der Waals surface area contributed by atoms with E-state index in [1.54, 1.807) is 0 Å². The molecule has 10 heavy (non-hydrogen) atoms. The van der Waals surface area contributed by atoms with E-state index in [1.807, 2.05) is 0 Å². The van der Waals surface area contributed by atoms with Crippen LogP contribution in [-0.2, 0) is 0 Å². The van der Waals surface area contributed by atoms with Crippen LogP contribution >= 0.6 is 0 Å². The highest BCUT2D eigenvalue weighted by Gasteiger charge is 2.43. The van der Waals surface area contributed by atoms with Crippen molar-refractivity contribution < 1.29 is 5.11 Å². The smallest absolute Gasteiger partial charge is 0.0571 e. The Kier molecular flexibility index (Phi) is 1.48. The Morgan fingerprint density at radius 2 is 2.00 bits per heavy atom. The van der Waals surface area contributed by atoms with Gasteiger partial charge in [-0.15, -0.1) is 0 Å². The van der Waals surface area contributed by atoms with Gasteiger partial charge in [0.05, 0.1) is 6.10 Å². The highest BCUT2D eigenvalue weighted by Crippen LogP contribution is 2.49. The number of rotatable bonds is 1. The highest BCUT2D eigenvalue weighted by molar-refractivity contribution is 4.94. The van der Waals surface area contributed by atoms with Gasteiger partial charge in [-0.2, -0.15) is 0 Å². The molecule has 2 saturated carbocycles. The Bertz CT molecular complexity index is 131. The minimum absolute atomic E-state index is 0.0628. The van der Waals surface area contributed by atoms with Gasteiger partial charge >= 0.3 is 0 Å². The number of aliphatic hydroxyl groups excluding tert-OH is 1. The van der Waals surface area contributed by atoms with E-state index >= 15 is 0 Å². The summed E-state index contributed by atoms with van der Waals surface area (Å²) in [5.74, 6) is 2.51. The summed E-state index contributed by atoms with van der Waals surface area (Å²) in [5.41, 5.74) is 0. The standard InChI is InChI=1S/C9H16O/c1-2-6-3-8-4-7(6)5-9(8)10/h6-10H,2-5H2,1H3. The van der Waals surface area contributed by atoms with Crippen LogP contribution in [0.3, 0.4) is 0 Å². The first-order valence-corrected chi connectivity index (χ1v) is 4.49. The van der Waals surface area contributed by atoms with Crippen molar-refractivity contribution in [2.75, 3.05) is 0 Å². The van der Waals surface area contributed by atoms with Crippen molar-refractivity contribution in [2.24, 2.45) is 17.8 Å². The summed E-state index contributed by atoms with van der Waals surface area (Å²) < 4.78 is 0. The zero-order valence-corrected chi connectivity index (χ0v) is 6.59. The van der Waals surface area contributed by atoms with E-state index in [0.29, 0.717) is 5.92 Å². The molecule has 0 amide bonds. The van der Waals surface area contributed by atoms with Gasteiger partial charge in [-0.1, -0.05) is 13.3 Å². The molecule has 0 saturated heterocycles. The van der Waals surface area contributed by atoms with Crippen LogP contribution in [0.25, 0.3) is 0 Å². The molecule has 0 aromatic heterocycles. The van der Waals surface area contributed by atoms with Gasteiger partial charge < -0.3 is 5.11 Å². The Hall–Kier alpha value is -0.0400. The van der Waals surface area contributed by atoms with Gasteiger partial charge in [-0.05, 0) is 37.0 Å². The zero-order valence-electron chi connectivity index (χ0n) is 6.59. The van der Waals surface area contributed by atoms with Gasteiger partial charge in [-0.25, -0.2) is 0 Å². The molecule has 1 N–H and O–H groups in total. The molecule has 4 unspecified atom stereocenters. The van der Waals surface area contributed by atoms with E-state index in [0.717, 1.165) is 18.3 Å². The molecule has 0 radical (unpaired) electrons. The molecule has 0 heterocycles. The fourth-order valence-corrected chi connectivity index (χ4v) is 2.86. The monoisotopic (exact) mass is 140 g/mol. The van der Waals surface area contributed by atoms with Crippen LogP contribution in [0.4, 0.5) is 0 Å². The summed E-state index contributed by atoms with van der Waals surface area (Å²) in [6.45, 7) is 2.28. The molecule has 2 fully saturated rings. The third-order valence-electron chi connectivity index (χ3n) is 3.49. The average molecular weight is 140 g/mol. The number of hydrogen-bond acceptors (Lipinski definition) is 1. The molecular weight excluding hydrogens is 124 g/mol.